The fourth-order valence-electron chi connectivity index (χ4n) is 6.64. The molecule has 218 valence electrons. The molecule has 42 heavy (non-hydrogen) atoms. The minimum Gasteiger partial charge on any atom is -0.507 e. The van der Waals surface area contributed by atoms with Gasteiger partial charge in [-0.25, -0.2) is 0 Å². The normalized spacial score (nSPS) is 18.8. The summed E-state index contributed by atoms with van der Waals surface area (Å²) in [5.41, 5.74) is 3.54. The van der Waals surface area contributed by atoms with Gasteiger partial charge in [-0.2, -0.15) is 18.4 Å². The molecule has 0 bridgehead atoms. The van der Waals surface area contributed by atoms with Crippen molar-refractivity contribution in [2.24, 2.45) is 5.92 Å². The zero-order valence-corrected chi connectivity index (χ0v) is 23.3. The minimum absolute atomic E-state index is 0.0000727. The van der Waals surface area contributed by atoms with Crippen molar-refractivity contribution in [3.05, 3.63) is 82.9 Å². The highest BCUT2D eigenvalue weighted by atomic mass is 19.4. The Hall–Kier alpha value is -3.87. The van der Waals surface area contributed by atoms with E-state index >= 15 is 0 Å². The number of amides is 1. The second kappa shape index (κ2) is 11.1. The van der Waals surface area contributed by atoms with Gasteiger partial charge in [-0.05, 0) is 90.6 Å². The molecule has 1 spiro atoms. The summed E-state index contributed by atoms with van der Waals surface area (Å²) in [7, 11) is 0. The highest BCUT2D eigenvalue weighted by Gasteiger charge is 2.46. The monoisotopic (exact) mass is 574 g/mol. The van der Waals surface area contributed by atoms with Crippen LogP contribution in [0.4, 0.5) is 18.9 Å². The Balaban J connectivity index is 1.26. The third-order valence-corrected chi connectivity index (χ3v) is 9.00. The van der Waals surface area contributed by atoms with Crippen LogP contribution in [0.3, 0.4) is 0 Å². The Morgan fingerprint density at radius 1 is 1.02 bits per heavy atom. The van der Waals surface area contributed by atoms with Gasteiger partial charge < -0.3 is 15.3 Å². The van der Waals surface area contributed by atoms with Gasteiger partial charge in [-0.3, -0.25) is 9.69 Å². The van der Waals surface area contributed by atoms with Gasteiger partial charge in [0.15, 0.2) is 0 Å². The van der Waals surface area contributed by atoms with Gasteiger partial charge in [-0.15, -0.1) is 0 Å². The fraction of sp³-hybridized carbons (Fsp3) is 0.394. The highest BCUT2D eigenvalue weighted by molar-refractivity contribution is 5.92. The van der Waals surface area contributed by atoms with E-state index in [4.69, 9.17) is 0 Å². The van der Waals surface area contributed by atoms with Crippen molar-refractivity contribution in [3.63, 3.8) is 0 Å². The summed E-state index contributed by atoms with van der Waals surface area (Å²) in [6.07, 6.45) is 0.315. The second-order valence-corrected chi connectivity index (χ2v) is 11.8. The number of hydrogen-bond donors (Lipinski definition) is 2. The smallest absolute Gasteiger partial charge is 0.420 e. The fourth-order valence-corrected chi connectivity index (χ4v) is 6.64. The van der Waals surface area contributed by atoms with Crippen LogP contribution in [0.2, 0.25) is 0 Å². The number of anilines is 1. The predicted molar refractivity (Wildman–Crippen MR) is 154 cm³/mol. The first-order chi connectivity index (χ1) is 20.1. The van der Waals surface area contributed by atoms with Crippen molar-refractivity contribution in [2.45, 2.75) is 43.8 Å². The first kappa shape index (κ1) is 28.3. The van der Waals surface area contributed by atoms with E-state index in [2.05, 4.69) is 39.4 Å². The molecule has 3 aliphatic rings. The third-order valence-electron chi connectivity index (χ3n) is 9.00. The number of aromatic hydroxyl groups is 1. The molecule has 1 aliphatic carbocycles. The highest BCUT2D eigenvalue weighted by Crippen LogP contribution is 2.45. The van der Waals surface area contributed by atoms with Crippen molar-refractivity contribution in [1.82, 2.24) is 9.80 Å². The molecule has 6 rings (SSSR count). The molecule has 2 aliphatic heterocycles. The first-order valence-corrected chi connectivity index (χ1v) is 14.5. The van der Waals surface area contributed by atoms with Gasteiger partial charge in [0.05, 0.1) is 23.7 Å². The lowest BCUT2D eigenvalue weighted by molar-refractivity contribution is -0.138. The molecule has 0 radical (unpaired) electrons. The number of likely N-dealkylation sites (tertiary alicyclic amines) is 1. The van der Waals surface area contributed by atoms with E-state index in [-0.39, 0.29) is 23.7 Å². The molecule has 1 amide bonds. The average Bonchev–Trinajstić information content (AvgIpc) is 3.80. The molecule has 1 saturated heterocycles. The van der Waals surface area contributed by atoms with Gasteiger partial charge >= 0.3 is 6.18 Å². The van der Waals surface area contributed by atoms with E-state index in [1.165, 1.54) is 30.0 Å². The van der Waals surface area contributed by atoms with E-state index in [0.29, 0.717) is 12.1 Å². The van der Waals surface area contributed by atoms with Gasteiger partial charge in [0.2, 0.25) is 5.91 Å². The number of phenols is 1. The lowest BCUT2D eigenvalue weighted by Crippen LogP contribution is -2.58. The molecule has 0 atom stereocenters. The number of alkyl halides is 3. The van der Waals surface area contributed by atoms with Crippen LogP contribution in [0, 0.1) is 17.2 Å². The summed E-state index contributed by atoms with van der Waals surface area (Å²) >= 11 is 0. The molecule has 2 N–H and O–H groups in total. The van der Waals surface area contributed by atoms with E-state index in [1.54, 1.807) is 6.07 Å². The molecule has 6 nitrogen and oxygen atoms in total. The molecule has 1 saturated carbocycles. The van der Waals surface area contributed by atoms with Crippen molar-refractivity contribution >= 4 is 11.6 Å². The Labute approximate surface area is 243 Å². The number of fused-ring (bicyclic) bond motifs is 2. The molecule has 2 fully saturated rings. The van der Waals surface area contributed by atoms with E-state index in [0.717, 1.165) is 68.1 Å². The van der Waals surface area contributed by atoms with Crippen LogP contribution < -0.4 is 5.32 Å². The lowest BCUT2D eigenvalue weighted by atomic mass is 9.73. The van der Waals surface area contributed by atoms with Crippen LogP contribution in [-0.4, -0.2) is 53.5 Å². The number of carbonyl (C=O) groups excluding carboxylic acids is 1. The molecule has 3 aromatic carbocycles. The van der Waals surface area contributed by atoms with Gasteiger partial charge in [0.1, 0.15) is 5.75 Å². The van der Waals surface area contributed by atoms with E-state index in [9.17, 15) is 28.3 Å². The molecule has 3 aromatic rings. The van der Waals surface area contributed by atoms with Crippen LogP contribution in [0.5, 0.6) is 5.75 Å². The van der Waals surface area contributed by atoms with Gasteiger partial charge in [0, 0.05) is 37.4 Å². The summed E-state index contributed by atoms with van der Waals surface area (Å²) < 4.78 is 39.9. The van der Waals surface area contributed by atoms with Crippen LogP contribution in [0.25, 0.3) is 11.1 Å². The maximum atomic E-state index is 13.3. The third kappa shape index (κ3) is 5.74. The first-order valence-electron chi connectivity index (χ1n) is 14.5. The average molecular weight is 575 g/mol. The molecular formula is C33H33F3N4O2. The molecule has 0 unspecified atom stereocenters. The Kier molecular flexibility index (Phi) is 7.46. The Morgan fingerprint density at radius 3 is 2.50 bits per heavy atom. The molecular weight excluding hydrogens is 541 g/mol. The standard InChI is InChI=1S/C33H33F3N4O2/c34-33(35,36)29-18-27(7-9-30(29)41)38-31(42)21-40-13-10-26-17-25(24-3-1-2-23(16-24)19-37)6-8-28(26)32(40)11-14-39(15-12-32)20-22-4-5-22/h1-3,6-9,16-18,22,41H,4-5,10-15,20-21H2,(H,38,42). The zero-order chi connectivity index (χ0) is 29.5. The molecule has 0 aromatic heterocycles. The van der Waals surface area contributed by atoms with Crippen molar-refractivity contribution in [1.29, 1.82) is 5.26 Å². The number of carbonyl (C=O) groups is 1. The maximum absolute atomic E-state index is 13.3. The number of halogens is 3. The number of nitrogens with one attached hydrogen (secondary N) is 1. The molecule has 2 heterocycles. The number of rotatable bonds is 6. The Bertz CT molecular complexity index is 1530. The van der Waals surface area contributed by atoms with Crippen LogP contribution in [-0.2, 0) is 22.9 Å². The number of nitriles is 1. The summed E-state index contributed by atoms with van der Waals surface area (Å²) in [5, 5.41) is 21.6. The van der Waals surface area contributed by atoms with Crippen LogP contribution in [0.1, 0.15) is 47.9 Å². The van der Waals surface area contributed by atoms with Crippen molar-refractivity contribution in [2.75, 3.05) is 38.0 Å². The Morgan fingerprint density at radius 2 is 1.79 bits per heavy atom. The number of piperidine rings is 1. The quantitative estimate of drug-likeness (QED) is 0.346. The van der Waals surface area contributed by atoms with Crippen LogP contribution >= 0.6 is 0 Å². The van der Waals surface area contributed by atoms with E-state index < -0.39 is 17.5 Å². The largest absolute Gasteiger partial charge is 0.507 e. The summed E-state index contributed by atoms with van der Waals surface area (Å²) in [6, 6.07) is 19.2. The van der Waals surface area contributed by atoms with Gasteiger partial charge in [-0.1, -0.05) is 30.3 Å². The summed E-state index contributed by atoms with van der Waals surface area (Å²) in [6.45, 7) is 3.66. The number of phenolic OH excluding ortho intramolecular Hbond substituents is 1. The maximum Gasteiger partial charge on any atom is 0.420 e. The summed E-state index contributed by atoms with van der Waals surface area (Å²) in [5.74, 6) is -0.469. The van der Waals surface area contributed by atoms with Crippen molar-refractivity contribution in [3.8, 4) is 22.9 Å². The predicted octanol–water partition coefficient (Wildman–Crippen LogP) is 6.15. The number of benzene rings is 3. The van der Waals surface area contributed by atoms with E-state index in [1.807, 2.05) is 18.2 Å². The lowest BCUT2D eigenvalue weighted by Gasteiger charge is -2.52. The van der Waals surface area contributed by atoms with Gasteiger partial charge in [0.25, 0.3) is 0 Å². The SMILES string of the molecule is N#Cc1cccc(-c2ccc3c(c2)CCN(CC(=O)Nc2ccc(O)c(C(F)(F)F)c2)C32CCN(CC3CC3)CC2)c1. The number of nitrogens with zero attached hydrogens (tertiary/aromatic N) is 3. The van der Waals surface area contributed by atoms with Crippen LogP contribution in [0.15, 0.2) is 60.7 Å². The number of hydrogen-bond acceptors (Lipinski definition) is 5. The zero-order valence-electron chi connectivity index (χ0n) is 23.3. The molecule has 9 heteroatoms. The topological polar surface area (TPSA) is 79.6 Å². The minimum atomic E-state index is -4.73. The second-order valence-electron chi connectivity index (χ2n) is 11.8. The van der Waals surface area contributed by atoms with Crippen molar-refractivity contribution < 1.29 is 23.1 Å². The summed E-state index contributed by atoms with van der Waals surface area (Å²) in [4.78, 5) is 18.0.